The predicted octanol–water partition coefficient (Wildman–Crippen LogP) is 0.973. The zero-order valence-corrected chi connectivity index (χ0v) is 16.1. The second kappa shape index (κ2) is 6.46. The fourth-order valence-corrected chi connectivity index (χ4v) is 5.37. The van der Waals surface area contributed by atoms with Crippen molar-refractivity contribution < 1.29 is 27.2 Å². The molecule has 3 heterocycles. The fourth-order valence-electron chi connectivity index (χ4n) is 3.63. The summed E-state index contributed by atoms with van der Waals surface area (Å²) >= 11 is 0. The Labute approximate surface area is 160 Å². The largest absolute Gasteiger partial charge is 0.464 e. The highest BCUT2D eigenvalue weighted by Gasteiger charge is 2.37. The van der Waals surface area contributed by atoms with Crippen molar-refractivity contribution in [2.24, 2.45) is 0 Å². The standard InChI is InChI=1S/C19H19NO7S/c1-9-6-26-16-5-17-12(3-11(9)16)10(2)13(19(23)27-17)4-18(22)20-14-7-28(24,25)8-15(14)21/h3,5-6,14-15,21H,4,7-8H2,1-2H3,(H,20,22). The van der Waals surface area contributed by atoms with Crippen LogP contribution in [0.1, 0.15) is 16.7 Å². The molecule has 148 valence electrons. The molecule has 2 unspecified atom stereocenters. The summed E-state index contributed by atoms with van der Waals surface area (Å²) < 4.78 is 34.0. The molecule has 9 heteroatoms. The van der Waals surface area contributed by atoms with Crippen LogP contribution in [0.2, 0.25) is 0 Å². The molecular formula is C19H19NO7S. The van der Waals surface area contributed by atoms with Gasteiger partial charge in [0.05, 0.1) is 41.9 Å². The van der Waals surface area contributed by atoms with Gasteiger partial charge in [-0.15, -0.1) is 0 Å². The summed E-state index contributed by atoms with van der Waals surface area (Å²) in [5.41, 5.74) is 2.09. The van der Waals surface area contributed by atoms with Crippen molar-refractivity contribution in [3.05, 3.63) is 45.5 Å². The van der Waals surface area contributed by atoms with E-state index in [4.69, 9.17) is 8.83 Å². The average Bonchev–Trinajstić information content (AvgIpc) is 3.08. The van der Waals surface area contributed by atoms with Crippen LogP contribution in [0.3, 0.4) is 0 Å². The van der Waals surface area contributed by atoms with Crippen LogP contribution >= 0.6 is 0 Å². The van der Waals surface area contributed by atoms with Gasteiger partial charge in [-0.3, -0.25) is 4.79 Å². The van der Waals surface area contributed by atoms with Crippen LogP contribution < -0.4 is 10.9 Å². The van der Waals surface area contributed by atoms with E-state index in [0.29, 0.717) is 22.1 Å². The van der Waals surface area contributed by atoms with E-state index < -0.39 is 33.5 Å². The maximum atomic E-state index is 12.4. The van der Waals surface area contributed by atoms with Gasteiger partial charge in [-0.05, 0) is 31.0 Å². The number of carbonyl (C=O) groups excluding carboxylic acids is 1. The minimum absolute atomic E-state index is 0.195. The van der Waals surface area contributed by atoms with E-state index in [9.17, 15) is 23.1 Å². The molecule has 8 nitrogen and oxygen atoms in total. The molecule has 0 spiro atoms. The number of benzene rings is 1. The number of fused-ring (bicyclic) bond motifs is 2. The Balaban J connectivity index is 1.66. The van der Waals surface area contributed by atoms with Crippen molar-refractivity contribution in [2.75, 3.05) is 11.5 Å². The third kappa shape index (κ3) is 3.20. The molecule has 0 bridgehead atoms. The molecule has 1 amide bonds. The number of carbonyl (C=O) groups is 1. The molecule has 0 radical (unpaired) electrons. The highest BCUT2D eigenvalue weighted by Crippen LogP contribution is 2.28. The van der Waals surface area contributed by atoms with E-state index in [0.717, 1.165) is 10.9 Å². The minimum atomic E-state index is -3.38. The van der Waals surface area contributed by atoms with Crippen LogP contribution in [0.4, 0.5) is 0 Å². The third-order valence-corrected chi connectivity index (χ3v) is 6.90. The average molecular weight is 405 g/mol. The molecule has 28 heavy (non-hydrogen) atoms. The molecular weight excluding hydrogens is 386 g/mol. The number of aliphatic hydroxyl groups is 1. The number of hydrogen-bond acceptors (Lipinski definition) is 7. The molecule has 1 aliphatic rings. The second-order valence-corrected chi connectivity index (χ2v) is 9.41. The van der Waals surface area contributed by atoms with Crippen molar-refractivity contribution in [1.82, 2.24) is 5.32 Å². The van der Waals surface area contributed by atoms with E-state index in [1.54, 1.807) is 19.3 Å². The first kappa shape index (κ1) is 18.7. The molecule has 2 atom stereocenters. The van der Waals surface area contributed by atoms with Gasteiger partial charge in [-0.2, -0.15) is 0 Å². The Morgan fingerprint density at radius 2 is 1.96 bits per heavy atom. The number of rotatable bonds is 3. The van der Waals surface area contributed by atoms with Crippen molar-refractivity contribution in [3.8, 4) is 0 Å². The van der Waals surface area contributed by atoms with Crippen molar-refractivity contribution in [1.29, 1.82) is 0 Å². The van der Waals surface area contributed by atoms with Crippen LogP contribution in [0.25, 0.3) is 21.9 Å². The molecule has 1 aliphatic heterocycles. The number of hydrogen-bond donors (Lipinski definition) is 2. The Bertz CT molecular complexity index is 1270. The first-order valence-corrected chi connectivity index (χ1v) is 10.6. The van der Waals surface area contributed by atoms with Crippen LogP contribution in [-0.2, 0) is 21.1 Å². The first-order chi connectivity index (χ1) is 13.1. The van der Waals surface area contributed by atoms with Crippen molar-refractivity contribution in [3.63, 3.8) is 0 Å². The van der Waals surface area contributed by atoms with Crippen molar-refractivity contribution in [2.45, 2.75) is 32.4 Å². The lowest BCUT2D eigenvalue weighted by molar-refractivity contribution is -0.121. The molecule has 1 saturated heterocycles. The molecule has 1 fully saturated rings. The third-order valence-electron chi connectivity index (χ3n) is 5.18. The SMILES string of the molecule is Cc1coc2cc3oc(=O)c(CC(=O)NC4CS(=O)(=O)CC4O)c(C)c3cc12. The zero-order valence-electron chi connectivity index (χ0n) is 15.3. The number of sulfone groups is 1. The number of nitrogens with one attached hydrogen (secondary N) is 1. The summed E-state index contributed by atoms with van der Waals surface area (Å²) in [4.78, 5) is 24.8. The lowest BCUT2D eigenvalue weighted by atomic mass is 10.0. The van der Waals surface area contributed by atoms with Crippen molar-refractivity contribution >= 4 is 37.7 Å². The maximum absolute atomic E-state index is 12.4. The summed E-state index contributed by atoms with van der Waals surface area (Å²) in [6.45, 7) is 3.64. The van der Waals surface area contributed by atoms with Gasteiger partial charge in [0, 0.05) is 16.8 Å². The minimum Gasteiger partial charge on any atom is -0.464 e. The fraction of sp³-hybridized carbons (Fsp3) is 0.368. The second-order valence-electron chi connectivity index (χ2n) is 7.25. The molecule has 0 aliphatic carbocycles. The number of amides is 1. The van der Waals surface area contributed by atoms with Gasteiger partial charge in [0.2, 0.25) is 5.91 Å². The van der Waals surface area contributed by atoms with E-state index in [2.05, 4.69) is 5.32 Å². The monoisotopic (exact) mass is 405 g/mol. The highest BCUT2D eigenvalue weighted by molar-refractivity contribution is 7.91. The van der Waals surface area contributed by atoms with Crippen LogP contribution in [0.5, 0.6) is 0 Å². The molecule has 2 aromatic heterocycles. The molecule has 2 N–H and O–H groups in total. The lowest BCUT2D eigenvalue weighted by Crippen LogP contribution is -2.43. The van der Waals surface area contributed by atoms with Crippen LogP contribution in [0.15, 0.2) is 32.0 Å². The van der Waals surface area contributed by atoms with Gasteiger partial charge in [-0.1, -0.05) is 0 Å². The maximum Gasteiger partial charge on any atom is 0.340 e. The van der Waals surface area contributed by atoms with E-state index in [-0.39, 0.29) is 23.5 Å². The highest BCUT2D eigenvalue weighted by atomic mass is 32.2. The zero-order chi connectivity index (χ0) is 20.2. The van der Waals surface area contributed by atoms with Gasteiger partial charge >= 0.3 is 5.63 Å². The topological polar surface area (TPSA) is 127 Å². The van der Waals surface area contributed by atoms with E-state index in [1.807, 2.05) is 13.0 Å². The number of aryl methyl sites for hydroxylation is 2. The van der Waals surface area contributed by atoms with Gasteiger partial charge in [0.15, 0.2) is 9.84 Å². The summed E-state index contributed by atoms with van der Waals surface area (Å²) in [6.07, 6.45) is 0.197. The summed E-state index contributed by atoms with van der Waals surface area (Å²) in [5, 5.41) is 13.9. The molecule has 1 aromatic carbocycles. The Hall–Kier alpha value is -2.65. The normalized spacial score (nSPS) is 21.4. The van der Waals surface area contributed by atoms with Gasteiger partial charge < -0.3 is 19.3 Å². The number of aliphatic hydroxyl groups excluding tert-OH is 1. The molecule has 3 aromatic rings. The first-order valence-electron chi connectivity index (χ1n) is 8.76. The molecule has 0 saturated carbocycles. The van der Waals surface area contributed by atoms with Crippen LogP contribution in [0, 0.1) is 13.8 Å². The van der Waals surface area contributed by atoms with Gasteiger partial charge in [0.25, 0.3) is 0 Å². The lowest BCUT2D eigenvalue weighted by Gasteiger charge is -2.15. The van der Waals surface area contributed by atoms with E-state index >= 15 is 0 Å². The quantitative estimate of drug-likeness (QED) is 0.622. The van der Waals surface area contributed by atoms with Crippen LogP contribution in [-0.4, -0.2) is 43.1 Å². The Morgan fingerprint density at radius 3 is 2.64 bits per heavy atom. The summed E-state index contributed by atoms with van der Waals surface area (Å²) in [6, 6.07) is 2.63. The summed E-state index contributed by atoms with van der Waals surface area (Å²) in [7, 11) is -3.38. The summed E-state index contributed by atoms with van der Waals surface area (Å²) in [5.74, 6) is -1.24. The Kier molecular flexibility index (Phi) is 4.31. The molecule has 4 rings (SSSR count). The Morgan fingerprint density at radius 1 is 1.21 bits per heavy atom. The predicted molar refractivity (Wildman–Crippen MR) is 102 cm³/mol. The van der Waals surface area contributed by atoms with Gasteiger partial charge in [-0.25, -0.2) is 13.2 Å². The van der Waals surface area contributed by atoms with E-state index in [1.165, 1.54) is 0 Å². The number of furan rings is 1. The smallest absolute Gasteiger partial charge is 0.340 e. The van der Waals surface area contributed by atoms with Gasteiger partial charge in [0.1, 0.15) is 11.2 Å².